The third-order valence-electron chi connectivity index (χ3n) is 2.70. The van der Waals surface area contributed by atoms with Gasteiger partial charge in [-0.3, -0.25) is 0 Å². The SMILES string of the molecule is C=CCN(C(C)(C)C)S(=O)(=O)c1ccc(F)c(N)c1F. The number of hydrogen-bond acceptors (Lipinski definition) is 3. The van der Waals surface area contributed by atoms with Crippen LogP contribution < -0.4 is 5.73 Å². The van der Waals surface area contributed by atoms with Crippen LogP contribution in [-0.2, 0) is 10.0 Å². The summed E-state index contributed by atoms with van der Waals surface area (Å²) in [7, 11) is -4.15. The van der Waals surface area contributed by atoms with Gasteiger partial charge in [-0.05, 0) is 32.9 Å². The molecule has 0 saturated carbocycles. The van der Waals surface area contributed by atoms with Crippen molar-refractivity contribution in [2.75, 3.05) is 12.3 Å². The molecule has 0 amide bonds. The summed E-state index contributed by atoms with van der Waals surface area (Å²) in [6.07, 6.45) is 1.40. The highest BCUT2D eigenvalue weighted by molar-refractivity contribution is 7.89. The molecule has 0 bridgehead atoms. The molecule has 0 aromatic heterocycles. The van der Waals surface area contributed by atoms with E-state index in [1.54, 1.807) is 20.8 Å². The Bertz CT molecular complexity index is 622. The standard InChI is InChI=1S/C13H18F2N2O2S/c1-5-8-17(13(2,3)4)20(18,19)10-7-6-9(14)12(16)11(10)15/h5-7H,1,8,16H2,2-4H3. The minimum atomic E-state index is -4.15. The molecular formula is C13H18F2N2O2S. The predicted octanol–water partition coefficient (Wildman–Crippen LogP) is 2.52. The van der Waals surface area contributed by atoms with Gasteiger partial charge in [0, 0.05) is 12.1 Å². The molecule has 0 unspecified atom stereocenters. The molecule has 20 heavy (non-hydrogen) atoms. The lowest BCUT2D eigenvalue weighted by atomic mass is 10.1. The van der Waals surface area contributed by atoms with Crippen LogP contribution in [0, 0.1) is 11.6 Å². The first-order valence-electron chi connectivity index (χ1n) is 5.90. The molecule has 2 N–H and O–H groups in total. The summed E-state index contributed by atoms with van der Waals surface area (Å²) in [5, 5.41) is 0. The largest absolute Gasteiger partial charge is 0.394 e. The van der Waals surface area contributed by atoms with Gasteiger partial charge in [0.05, 0.1) is 0 Å². The van der Waals surface area contributed by atoms with Gasteiger partial charge < -0.3 is 5.73 Å². The second-order valence-corrected chi connectivity index (χ2v) is 7.10. The number of nitrogens with two attached hydrogens (primary N) is 1. The Labute approximate surface area is 117 Å². The van der Waals surface area contributed by atoms with E-state index in [1.807, 2.05) is 0 Å². The molecule has 0 atom stereocenters. The number of halogens is 2. The Hall–Kier alpha value is -1.47. The number of anilines is 1. The number of hydrogen-bond donors (Lipinski definition) is 1. The fourth-order valence-corrected chi connectivity index (χ4v) is 3.55. The van der Waals surface area contributed by atoms with Crippen molar-refractivity contribution in [1.82, 2.24) is 4.31 Å². The molecule has 0 radical (unpaired) electrons. The fraction of sp³-hybridized carbons (Fsp3) is 0.385. The van der Waals surface area contributed by atoms with Crippen LogP contribution in [0.2, 0.25) is 0 Å². The second-order valence-electron chi connectivity index (χ2n) is 5.27. The maximum Gasteiger partial charge on any atom is 0.246 e. The van der Waals surface area contributed by atoms with Crippen molar-refractivity contribution in [3.63, 3.8) is 0 Å². The van der Waals surface area contributed by atoms with Gasteiger partial charge in [-0.2, -0.15) is 4.31 Å². The molecule has 1 rings (SSSR count). The molecule has 4 nitrogen and oxygen atoms in total. The lowest BCUT2D eigenvalue weighted by Gasteiger charge is -2.33. The zero-order valence-electron chi connectivity index (χ0n) is 11.7. The molecule has 0 aliphatic heterocycles. The van der Waals surface area contributed by atoms with Crippen LogP contribution in [0.25, 0.3) is 0 Å². The van der Waals surface area contributed by atoms with Crippen molar-refractivity contribution in [1.29, 1.82) is 0 Å². The van der Waals surface area contributed by atoms with E-state index in [9.17, 15) is 17.2 Å². The maximum absolute atomic E-state index is 14.0. The van der Waals surface area contributed by atoms with Crippen LogP contribution in [0.5, 0.6) is 0 Å². The van der Waals surface area contributed by atoms with Crippen molar-refractivity contribution in [2.24, 2.45) is 0 Å². The smallest absolute Gasteiger partial charge is 0.246 e. The first-order chi connectivity index (χ1) is 9.03. The molecule has 0 heterocycles. The third-order valence-corrected chi connectivity index (χ3v) is 4.85. The van der Waals surface area contributed by atoms with Crippen LogP contribution >= 0.6 is 0 Å². The fourth-order valence-electron chi connectivity index (χ4n) is 1.72. The summed E-state index contributed by atoms with van der Waals surface area (Å²) < 4.78 is 53.2. The van der Waals surface area contributed by atoms with Gasteiger partial charge in [0.25, 0.3) is 0 Å². The minimum absolute atomic E-state index is 0.00253. The molecule has 0 fully saturated rings. The zero-order valence-corrected chi connectivity index (χ0v) is 12.5. The summed E-state index contributed by atoms with van der Waals surface area (Å²) >= 11 is 0. The van der Waals surface area contributed by atoms with Crippen molar-refractivity contribution in [3.05, 3.63) is 36.4 Å². The van der Waals surface area contributed by atoms with Crippen molar-refractivity contribution in [2.45, 2.75) is 31.2 Å². The predicted molar refractivity (Wildman–Crippen MR) is 74.6 cm³/mol. The highest BCUT2D eigenvalue weighted by Crippen LogP contribution is 2.29. The molecular weight excluding hydrogens is 286 g/mol. The quantitative estimate of drug-likeness (QED) is 0.687. The van der Waals surface area contributed by atoms with Crippen LogP contribution in [0.15, 0.2) is 29.7 Å². The van der Waals surface area contributed by atoms with E-state index in [-0.39, 0.29) is 6.54 Å². The number of nitrogen functional groups attached to an aromatic ring is 1. The Morgan fingerprint density at radius 1 is 1.35 bits per heavy atom. The molecule has 0 aliphatic carbocycles. The monoisotopic (exact) mass is 304 g/mol. The van der Waals surface area contributed by atoms with Crippen LogP contribution in [0.1, 0.15) is 20.8 Å². The highest BCUT2D eigenvalue weighted by atomic mass is 32.2. The Balaban J connectivity index is 3.50. The highest BCUT2D eigenvalue weighted by Gasteiger charge is 2.35. The average Bonchev–Trinajstić information content (AvgIpc) is 2.31. The van der Waals surface area contributed by atoms with Gasteiger partial charge in [-0.15, -0.1) is 6.58 Å². The Kier molecular flexibility index (Phi) is 4.55. The topological polar surface area (TPSA) is 63.4 Å². The van der Waals surface area contributed by atoms with Crippen LogP contribution in [0.3, 0.4) is 0 Å². The number of benzene rings is 1. The second kappa shape index (κ2) is 5.49. The first kappa shape index (κ1) is 16.6. The molecule has 0 saturated heterocycles. The zero-order chi connectivity index (χ0) is 15.7. The summed E-state index contributed by atoms with van der Waals surface area (Å²) in [4.78, 5) is -0.645. The van der Waals surface area contributed by atoms with Gasteiger partial charge in [-0.1, -0.05) is 6.08 Å². The minimum Gasteiger partial charge on any atom is -0.394 e. The summed E-state index contributed by atoms with van der Waals surface area (Å²) in [6, 6.07) is 1.71. The van der Waals surface area contributed by atoms with Crippen LogP contribution in [-0.4, -0.2) is 24.8 Å². The van der Waals surface area contributed by atoms with Gasteiger partial charge in [-0.25, -0.2) is 17.2 Å². The maximum atomic E-state index is 14.0. The van der Waals surface area contributed by atoms with Gasteiger partial charge >= 0.3 is 0 Å². The molecule has 1 aromatic carbocycles. The van der Waals surface area contributed by atoms with E-state index in [2.05, 4.69) is 6.58 Å². The molecule has 1 aromatic rings. The summed E-state index contributed by atoms with van der Waals surface area (Å²) in [5.74, 6) is -2.27. The number of rotatable bonds is 4. The number of sulfonamides is 1. The van der Waals surface area contributed by atoms with E-state index in [0.29, 0.717) is 0 Å². The average molecular weight is 304 g/mol. The Morgan fingerprint density at radius 2 is 1.90 bits per heavy atom. The number of nitrogens with zero attached hydrogens (tertiary/aromatic N) is 1. The first-order valence-corrected chi connectivity index (χ1v) is 7.34. The summed E-state index contributed by atoms with van der Waals surface area (Å²) in [6.45, 7) is 8.49. The normalized spacial score (nSPS) is 12.7. The molecule has 0 spiro atoms. The molecule has 0 aliphatic rings. The van der Waals surface area contributed by atoms with Crippen LogP contribution in [0.4, 0.5) is 14.5 Å². The summed E-state index contributed by atoms with van der Waals surface area (Å²) in [5.41, 5.74) is 3.61. The molecule has 112 valence electrons. The van der Waals surface area contributed by atoms with E-state index < -0.39 is 37.8 Å². The van der Waals surface area contributed by atoms with E-state index in [0.717, 1.165) is 16.4 Å². The third kappa shape index (κ3) is 2.99. The molecule has 7 heteroatoms. The Morgan fingerprint density at radius 3 is 2.35 bits per heavy atom. The van der Waals surface area contributed by atoms with E-state index >= 15 is 0 Å². The van der Waals surface area contributed by atoms with Gasteiger partial charge in [0.2, 0.25) is 10.0 Å². The van der Waals surface area contributed by atoms with Crippen molar-refractivity contribution < 1.29 is 17.2 Å². The lowest BCUT2D eigenvalue weighted by Crippen LogP contribution is -2.45. The van der Waals surface area contributed by atoms with Gasteiger partial charge in [0.15, 0.2) is 5.82 Å². The van der Waals surface area contributed by atoms with Crippen molar-refractivity contribution >= 4 is 15.7 Å². The lowest BCUT2D eigenvalue weighted by molar-refractivity contribution is 0.269. The van der Waals surface area contributed by atoms with Crippen molar-refractivity contribution in [3.8, 4) is 0 Å². The van der Waals surface area contributed by atoms with Gasteiger partial charge in [0.1, 0.15) is 16.4 Å². The van der Waals surface area contributed by atoms with E-state index in [1.165, 1.54) is 6.08 Å². The van der Waals surface area contributed by atoms with E-state index in [4.69, 9.17) is 5.73 Å².